The topological polar surface area (TPSA) is 82.7 Å². The fraction of sp³-hybridized carbons (Fsp3) is 0.273. The van der Waals surface area contributed by atoms with Crippen molar-refractivity contribution in [3.05, 3.63) is 60.5 Å². The number of hydrogen-bond acceptors (Lipinski definition) is 5. The Morgan fingerprint density at radius 3 is 2.72 bits per heavy atom. The highest BCUT2D eigenvalue weighted by atomic mass is 19.1. The van der Waals surface area contributed by atoms with Crippen molar-refractivity contribution in [1.82, 2.24) is 14.6 Å². The van der Waals surface area contributed by atoms with Gasteiger partial charge in [0.2, 0.25) is 0 Å². The molecule has 6 nitrogen and oxygen atoms in total. The summed E-state index contributed by atoms with van der Waals surface area (Å²) >= 11 is 0. The summed E-state index contributed by atoms with van der Waals surface area (Å²) in [6, 6.07) is 14.0. The van der Waals surface area contributed by atoms with Gasteiger partial charge in [0.05, 0.1) is 17.8 Å². The largest absolute Gasteiger partial charge is 0.390 e. The van der Waals surface area contributed by atoms with Crippen LogP contribution in [0.25, 0.3) is 27.7 Å². The molecule has 5 rings (SSSR count). The van der Waals surface area contributed by atoms with Crippen LogP contribution in [-0.2, 0) is 0 Å². The van der Waals surface area contributed by atoms with Crippen molar-refractivity contribution in [2.24, 2.45) is 5.92 Å². The Balaban J connectivity index is 1.54. The fourth-order valence-corrected chi connectivity index (χ4v) is 4.15. The van der Waals surface area contributed by atoms with Crippen molar-refractivity contribution < 1.29 is 14.6 Å². The molecule has 0 radical (unpaired) electrons. The minimum absolute atomic E-state index is 0.00795. The average molecular weight is 392 g/mol. The molecule has 0 unspecified atom stereocenters. The first-order valence-corrected chi connectivity index (χ1v) is 9.67. The summed E-state index contributed by atoms with van der Waals surface area (Å²) < 4.78 is 16.2. The molecule has 0 bridgehead atoms. The van der Waals surface area contributed by atoms with Crippen molar-refractivity contribution in [3.63, 3.8) is 0 Å². The minimum atomic E-state index is -0.849. The van der Waals surface area contributed by atoms with Crippen LogP contribution in [0, 0.1) is 11.7 Å². The van der Waals surface area contributed by atoms with Crippen molar-refractivity contribution in [1.29, 1.82) is 0 Å². The molecule has 148 valence electrons. The lowest BCUT2D eigenvalue weighted by Crippen LogP contribution is -2.35. The van der Waals surface area contributed by atoms with Crippen LogP contribution in [0.4, 0.5) is 10.2 Å². The molecule has 1 fully saturated rings. The number of rotatable bonds is 3. The van der Waals surface area contributed by atoms with E-state index >= 15 is 0 Å². The predicted octanol–water partition coefficient (Wildman–Crippen LogP) is 3.23. The van der Waals surface area contributed by atoms with E-state index in [0.717, 1.165) is 5.39 Å². The van der Waals surface area contributed by atoms with Crippen molar-refractivity contribution in [2.75, 3.05) is 5.32 Å². The molecule has 4 atom stereocenters. The van der Waals surface area contributed by atoms with Crippen LogP contribution in [0.2, 0.25) is 0 Å². The van der Waals surface area contributed by atoms with E-state index in [4.69, 9.17) is 0 Å². The molecule has 2 heterocycles. The lowest BCUT2D eigenvalue weighted by Gasteiger charge is -2.19. The first-order chi connectivity index (χ1) is 14.0. The van der Waals surface area contributed by atoms with E-state index in [2.05, 4.69) is 15.4 Å². The Morgan fingerprint density at radius 2 is 1.93 bits per heavy atom. The van der Waals surface area contributed by atoms with Gasteiger partial charge in [-0.05, 0) is 35.9 Å². The van der Waals surface area contributed by atoms with Gasteiger partial charge in [-0.1, -0.05) is 31.2 Å². The summed E-state index contributed by atoms with van der Waals surface area (Å²) in [6.07, 6.45) is 0.706. The number of aliphatic hydroxyl groups is 2. The second-order valence-corrected chi connectivity index (χ2v) is 7.75. The van der Waals surface area contributed by atoms with Crippen LogP contribution >= 0.6 is 0 Å². The number of anilines is 1. The van der Waals surface area contributed by atoms with Gasteiger partial charge in [-0.25, -0.2) is 9.37 Å². The van der Waals surface area contributed by atoms with E-state index < -0.39 is 12.2 Å². The minimum Gasteiger partial charge on any atom is -0.390 e. The normalized spacial score (nSPS) is 24.4. The molecule has 2 aromatic carbocycles. The SMILES string of the molecule is C[C@@H]1C[C@@H](Nc2ccnc3cc(-c4cc(F)c5ccccc5c4)nn23)[C@H](O)[C@@H]1O. The Morgan fingerprint density at radius 1 is 1.10 bits per heavy atom. The molecule has 29 heavy (non-hydrogen) atoms. The third kappa shape index (κ3) is 3.03. The van der Waals surface area contributed by atoms with Gasteiger partial charge < -0.3 is 15.5 Å². The van der Waals surface area contributed by atoms with Crippen molar-refractivity contribution >= 4 is 22.2 Å². The Labute approximate surface area is 166 Å². The molecule has 0 saturated heterocycles. The van der Waals surface area contributed by atoms with Gasteiger partial charge in [0, 0.05) is 23.2 Å². The van der Waals surface area contributed by atoms with Crippen LogP contribution < -0.4 is 5.32 Å². The Bertz CT molecular complexity index is 1210. The molecule has 0 spiro atoms. The number of fused-ring (bicyclic) bond motifs is 2. The Kier molecular flexibility index (Phi) is 4.22. The van der Waals surface area contributed by atoms with E-state index in [9.17, 15) is 14.6 Å². The van der Waals surface area contributed by atoms with Gasteiger partial charge in [-0.3, -0.25) is 0 Å². The van der Waals surface area contributed by atoms with Gasteiger partial charge in [-0.2, -0.15) is 9.61 Å². The molecule has 1 aliphatic rings. The van der Waals surface area contributed by atoms with Crippen LogP contribution in [0.1, 0.15) is 13.3 Å². The predicted molar refractivity (Wildman–Crippen MR) is 109 cm³/mol. The van der Waals surface area contributed by atoms with Crippen LogP contribution in [-0.4, -0.2) is 43.1 Å². The van der Waals surface area contributed by atoms with Crippen molar-refractivity contribution in [3.8, 4) is 11.3 Å². The monoisotopic (exact) mass is 392 g/mol. The van der Waals surface area contributed by atoms with E-state index in [0.29, 0.717) is 34.5 Å². The lowest BCUT2D eigenvalue weighted by molar-refractivity contribution is 0.0210. The number of halogens is 1. The second-order valence-electron chi connectivity index (χ2n) is 7.75. The summed E-state index contributed by atoms with van der Waals surface area (Å²) in [6.45, 7) is 1.91. The summed E-state index contributed by atoms with van der Waals surface area (Å²) in [5.41, 5.74) is 1.89. The highest BCUT2D eigenvalue weighted by molar-refractivity contribution is 5.87. The maximum Gasteiger partial charge on any atom is 0.157 e. The molecular weight excluding hydrogens is 371 g/mol. The number of hydrogen-bond donors (Lipinski definition) is 3. The van der Waals surface area contributed by atoms with Gasteiger partial charge in [0.1, 0.15) is 17.7 Å². The van der Waals surface area contributed by atoms with E-state index in [1.165, 1.54) is 6.07 Å². The molecule has 0 aliphatic heterocycles. The molecule has 1 aliphatic carbocycles. The summed E-state index contributed by atoms with van der Waals surface area (Å²) in [4.78, 5) is 4.35. The summed E-state index contributed by atoms with van der Waals surface area (Å²) in [5, 5.41) is 29.6. The molecule has 1 saturated carbocycles. The molecular formula is C22H21FN4O2. The fourth-order valence-electron chi connectivity index (χ4n) is 4.15. The zero-order valence-electron chi connectivity index (χ0n) is 15.8. The highest BCUT2D eigenvalue weighted by Crippen LogP contribution is 2.30. The molecule has 0 amide bonds. The van der Waals surface area contributed by atoms with E-state index in [1.807, 2.05) is 31.2 Å². The molecule has 7 heteroatoms. The van der Waals surface area contributed by atoms with Crippen LogP contribution in [0.15, 0.2) is 54.7 Å². The third-order valence-electron chi connectivity index (χ3n) is 5.77. The zero-order valence-corrected chi connectivity index (χ0v) is 15.8. The molecule has 2 aromatic heterocycles. The maximum atomic E-state index is 14.5. The van der Waals surface area contributed by atoms with Crippen LogP contribution in [0.3, 0.4) is 0 Å². The average Bonchev–Trinajstić information content (AvgIpc) is 3.26. The number of benzene rings is 2. The highest BCUT2D eigenvalue weighted by Gasteiger charge is 2.39. The summed E-state index contributed by atoms with van der Waals surface area (Å²) in [7, 11) is 0. The maximum absolute atomic E-state index is 14.5. The Hall–Kier alpha value is -3.03. The van der Waals surface area contributed by atoms with Gasteiger partial charge in [0.25, 0.3) is 0 Å². The van der Waals surface area contributed by atoms with Gasteiger partial charge in [-0.15, -0.1) is 0 Å². The van der Waals surface area contributed by atoms with E-state index in [-0.39, 0.29) is 17.8 Å². The van der Waals surface area contributed by atoms with Crippen molar-refractivity contribution in [2.45, 2.75) is 31.6 Å². The summed E-state index contributed by atoms with van der Waals surface area (Å²) in [5.74, 6) is 0.375. The van der Waals surface area contributed by atoms with Gasteiger partial charge in [0.15, 0.2) is 5.65 Å². The number of aliphatic hydroxyl groups excluding tert-OH is 2. The molecule has 3 N–H and O–H groups in total. The van der Waals surface area contributed by atoms with Gasteiger partial charge >= 0.3 is 0 Å². The standard InChI is InChI=1S/C22H21FN4O2/c1-12-8-18(22(29)21(12)28)25-19-6-7-24-20-11-17(26-27(19)20)14-9-13-4-2-3-5-15(13)16(23)10-14/h2-7,9-12,18,21-22,25,28-29H,8H2,1H3/t12-,18-,21-,22+/m1/s1. The second kappa shape index (κ2) is 6.79. The third-order valence-corrected chi connectivity index (χ3v) is 5.77. The smallest absolute Gasteiger partial charge is 0.157 e. The number of nitrogens with one attached hydrogen (secondary N) is 1. The number of nitrogens with zero attached hydrogens (tertiary/aromatic N) is 3. The van der Waals surface area contributed by atoms with Crippen LogP contribution in [0.5, 0.6) is 0 Å². The molecule has 4 aromatic rings. The lowest BCUT2D eigenvalue weighted by atomic mass is 10.0. The zero-order chi connectivity index (χ0) is 20.1. The number of aromatic nitrogens is 3. The van der Waals surface area contributed by atoms with E-state index in [1.54, 1.807) is 28.9 Å². The first-order valence-electron chi connectivity index (χ1n) is 9.67. The first kappa shape index (κ1) is 18.0. The quantitative estimate of drug-likeness (QED) is 0.499.